The fourth-order valence-electron chi connectivity index (χ4n) is 5.49. The molecule has 3 fully saturated rings. The Morgan fingerprint density at radius 2 is 2.07 bits per heavy atom. The standard InChI is InChI=1S/C20H30N4O5S/c1-10-6-15(18(27)28)24-16(10)20(11(2)25,19(24)29)30-13-7-14(22(3)9-13)17(26)23-5-4-12(21)8-23/h6,10-14,16,25H,4-5,7-9,21H2,1-3H3,(H,27,28)/t10?,11?,12?,13?,14?,16-,20?/m0/s1. The number of β-lactam (4-membered cyclic amide) rings is 1. The highest BCUT2D eigenvalue weighted by Gasteiger charge is 2.69. The first-order chi connectivity index (χ1) is 14.1. The molecule has 0 aromatic carbocycles. The van der Waals surface area contributed by atoms with Crippen molar-refractivity contribution in [3.05, 3.63) is 11.8 Å². The monoisotopic (exact) mass is 438 g/mol. The van der Waals surface area contributed by atoms with Gasteiger partial charge in [-0.25, -0.2) is 4.79 Å². The molecule has 4 heterocycles. The van der Waals surface area contributed by atoms with Crippen molar-refractivity contribution in [2.75, 3.05) is 26.7 Å². The highest BCUT2D eigenvalue weighted by atomic mass is 32.2. The van der Waals surface area contributed by atoms with E-state index in [1.807, 2.05) is 23.8 Å². The van der Waals surface area contributed by atoms with E-state index in [0.717, 1.165) is 6.42 Å². The molecular formula is C20H30N4O5S. The number of hydrogen-bond acceptors (Lipinski definition) is 7. The minimum Gasteiger partial charge on any atom is -0.477 e. The van der Waals surface area contributed by atoms with Crippen molar-refractivity contribution in [1.29, 1.82) is 0 Å². The van der Waals surface area contributed by atoms with Crippen LogP contribution in [0.1, 0.15) is 26.7 Å². The maximum absolute atomic E-state index is 13.1. The number of carbonyl (C=O) groups is 3. The lowest BCUT2D eigenvalue weighted by molar-refractivity contribution is -0.158. The molecule has 2 amide bonds. The molecule has 0 radical (unpaired) electrons. The van der Waals surface area contributed by atoms with E-state index in [2.05, 4.69) is 0 Å². The van der Waals surface area contributed by atoms with Crippen LogP contribution in [0.25, 0.3) is 0 Å². The summed E-state index contributed by atoms with van der Waals surface area (Å²) in [5.41, 5.74) is 5.94. The van der Waals surface area contributed by atoms with Crippen LogP contribution in [-0.2, 0) is 14.4 Å². The summed E-state index contributed by atoms with van der Waals surface area (Å²) in [6, 6.07) is -0.626. The fraction of sp³-hybridized carbons (Fsp3) is 0.750. The minimum absolute atomic E-state index is 0.00339. The van der Waals surface area contributed by atoms with Gasteiger partial charge in [-0.05, 0) is 38.8 Å². The summed E-state index contributed by atoms with van der Waals surface area (Å²) >= 11 is 1.42. The number of aliphatic hydroxyl groups excluding tert-OH is 1. The quantitative estimate of drug-likeness (QED) is 0.481. The van der Waals surface area contributed by atoms with Gasteiger partial charge in [0.05, 0.1) is 18.2 Å². The van der Waals surface area contributed by atoms with Crippen molar-refractivity contribution in [3.8, 4) is 0 Å². The first kappa shape index (κ1) is 21.6. The average molecular weight is 439 g/mol. The zero-order valence-corrected chi connectivity index (χ0v) is 18.3. The summed E-state index contributed by atoms with van der Waals surface area (Å²) in [5, 5.41) is 20.1. The Bertz CT molecular complexity index is 804. The lowest BCUT2D eigenvalue weighted by Gasteiger charge is -2.56. The Balaban J connectivity index is 1.50. The molecule has 0 saturated carbocycles. The SMILES string of the molecule is CC1C=C(C(=O)O)N2C(=O)C(SC3CC(C(=O)N4CCC(N)C4)N(C)C3)(C(C)O)[C@H]12. The zero-order chi connectivity index (χ0) is 22.0. The van der Waals surface area contributed by atoms with Crippen LogP contribution in [0.5, 0.6) is 0 Å². The molecule has 0 aromatic rings. The van der Waals surface area contributed by atoms with E-state index in [-0.39, 0.29) is 40.8 Å². The molecule has 9 nitrogen and oxygen atoms in total. The highest BCUT2D eigenvalue weighted by Crippen LogP contribution is 2.55. The molecule has 30 heavy (non-hydrogen) atoms. The van der Waals surface area contributed by atoms with E-state index >= 15 is 0 Å². The second-order valence-corrected chi connectivity index (χ2v) is 10.6. The Morgan fingerprint density at radius 3 is 2.63 bits per heavy atom. The molecule has 4 aliphatic heterocycles. The second kappa shape index (κ2) is 7.51. The fourth-order valence-corrected chi connectivity index (χ4v) is 7.49. The molecule has 7 atom stereocenters. The van der Waals surface area contributed by atoms with Crippen molar-refractivity contribution in [1.82, 2.24) is 14.7 Å². The number of nitrogens with zero attached hydrogens (tertiary/aromatic N) is 3. The van der Waals surface area contributed by atoms with Gasteiger partial charge in [-0.3, -0.25) is 19.4 Å². The van der Waals surface area contributed by atoms with Crippen LogP contribution >= 0.6 is 11.8 Å². The third kappa shape index (κ3) is 3.07. The molecule has 166 valence electrons. The van der Waals surface area contributed by atoms with Crippen LogP contribution in [0.3, 0.4) is 0 Å². The number of nitrogens with two attached hydrogens (primary N) is 1. The van der Waals surface area contributed by atoms with E-state index in [0.29, 0.717) is 26.1 Å². The van der Waals surface area contributed by atoms with Crippen LogP contribution in [0.15, 0.2) is 11.8 Å². The maximum Gasteiger partial charge on any atom is 0.352 e. The molecule has 4 rings (SSSR count). The van der Waals surface area contributed by atoms with Crippen LogP contribution in [-0.4, -0.2) is 104 Å². The van der Waals surface area contributed by atoms with Crippen LogP contribution < -0.4 is 5.73 Å². The van der Waals surface area contributed by atoms with Crippen molar-refractivity contribution in [2.24, 2.45) is 11.7 Å². The first-order valence-electron chi connectivity index (χ1n) is 10.5. The summed E-state index contributed by atoms with van der Waals surface area (Å²) in [4.78, 5) is 42.8. The summed E-state index contributed by atoms with van der Waals surface area (Å²) in [7, 11) is 1.91. The van der Waals surface area contributed by atoms with Crippen molar-refractivity contribution in [3.63, 3.8) is 0 Å². The normalized spacial score (nSPS) is 39.7. The Morgan fingerprint density at radius 1 is 1.37 bits per heavy atom. The third-order valence-corrected chi connectivity index (χ3v) is 8.80. The summed E-state index contributed by atoms with van der Waals surface area (Å²) in [6.07, 6.45) is 2.07. The molecule has 3 saturated heterocycles. The van der Waals surface area contributed by atoms with Crippen molar-refractivity contribution < 1.29 is 24.6 Å². The number of aliphatic hydroxyl groups is 1. The predicted octanol–water partition coefficient (Wildman–Crippen LogP) is -0.699. The average Bonchev–Trinajstić information content (AvgIpc) is 3.34. The molecule has 4 N–H and O–H groups in total. The van der Waals surface area contributed by atoms with E-state index in [9.17, 15) is 24.6 Å². The zero-order valence-electron chi connectivity index (χ0n) is 17.5. The number of rotatable bonds is 5. The van der Waals surface area contributed by atoms with Gasteiger partial charge in [0, 0.05) is 30.9 Å². The van der Waals surface area contributed by atoms with E-state index < -0.39 is 22.9 Å². The van der Waals surface area contributed by atoms with Gasteiger partial charge in [-0.2, -0.15) is 0 Å². The lowest BCUT2D eigenvalue weighted by Crippen LogP contribution is -2.76. The number of likely N-dealkylation sites (N-methyl/N-ethyl adjacent to an activating group) is 1. The van der Waals surface area contributed by atoms with Crippen molar-refractivity contribution in [2.45, 2.75) is 60.9 Å². The van der Waals surface area contributed by atoms with Gasteiger partial charge in [-0.15, -0.1) is 11.8 Å². The number of amides is 2. The molecule has 0 aliphatic carbocycles. The van der Waals surface area contributed by atoms with E-state index in [4.69, 9.17) is 5.73 Å². The highest BCUT2D eigenvalue weighted by molar-refractivity contribution is 8.02. The van der Waals surface area contributed by atoms with E-state index in [1.54, 1.807) is 13.0 Å². The lowest BCUT2D eigenvalue weighted by atomic mass is 9.78. The number of aliphatic carboxylic acids is 1. The number of likely N-dealkylation sites (tertiary alicyclic amines) is 2. The minimum atomic E-state index is -1.13. The van der Waals surface area contributed by atoms with Crippen LogP contribution in [0.2, 0.25) is 0 Å². The Labute approximate surface area is 180 Å². The smallest absolute Gasteiger partial charge is 0.352 e. The second-order valence-electron chi connectivity index (χ2n) is 9.07. The van der Waals surface area contributed by atoms with Gasteiger partial charge >= 0.3 is 5.97 Å². The molecule has 10 heteroatoms. The van der Waals surface area contributed by atoms with Crippen molar-refractivity contribution >= 4 is 29.5 Å². The van der Waals surface area contributed by atoms with Gasteiger partial charge in [0.2, 0.25) is 11.8 Å². The van der Waals surface area contributed by atoms with Crippen LogP contribution in [0.4, 0.5) is 0 Å². The number of fused-ring (bicyclic) bond motifs is 1. The molecule has 0 aromatic heterocycles. The molecule has 6 unspecified atom stereocenters. The largest absolute Gasteiger partial charge is 0.477 e. The number of carbonyl (C=O) groups excluding carboxylic acids is 2. The van der Waals surface area contributed by atoms with Gasteiger partial charge in [0.1, 0.15) is 10.4 Å². The van der Waals surface area contributed by atoms with E-state index in [1.165, 1.54) is 16.7 Å². The van der Waals surface area contributed by atoms with Gasteiger partial charge in [-0.1, -0.05) is 6.92 Å². The summed E-state index contributed by atoms with van der Waals surface area (Å²) in [6.45, 7) is 5.36. The number of carboxylic acids is 1. The molecule has 0 bridgehead atoms. The van der Waals surface area contributed by atoms with Crippen LogP contribution in [0, 0.1) is 5.92 Å². The first-order valence-corrected chi connectivity index (χ1v) is 11.3. The summed E-state index contributed by atoms with van der Waals surface area (Å²) < 4.78 is -1.09. The molecule has 0 spiro atoms. The van der Waals surface area contributed by atoms with Gasteiger partial charge in [0.15, 0.2) is 0 Å². The topological polar surface area (TPSA) is 127 Å². The predicted molar refractivity (Wildman–Crippen MR) is 112 cm³/mol. The number of thioether (sulfide) groups is 1. The van der Waals surface area contributed by atoms with Gasteiger partial charge < -0.3 is 20.8 Å². The molecule has 4 aliphatic rings. The molecular weight excluding hydrogens is 408 g/mol. The Hall–Kier alpha value is -1.62. The maximum atomic E-state index is 13.1. The number of hydrogen-bond donors (Lipinski definition) is 3. The third-order valence-electron chi connectivity index (χ3n) is 6.98. The Kier molecular flexibility index (Phi) is 5.41. The van der Waals surface area contributed by atoms with Gasteiger partial charge in [0.25, 0.3) is 0 Å². The summed E-state index contributed by atoms with van der Waals surface area (Å²) in [5.74, 6) is -1.57. The number of carboxylic acid groups (broad SMARTS) is 1.